The van der Waals surface area contributed by atoms with Crippen LogP contribution in [0.3, 0.4) is 0 Å². The Hall–Kier alpha value is -0.420. The lowest BCUT2D eigenvalue weighted by Crippen LogP contribution is -2.39. The van der Waals surface area contributed by atoms with E-state index in [1.54, 1.807) is 0 Å². The number of rotatable bonds is 7. The minimum absolute atomic E-state index is 0.0394. The maximum atomic E-state index is 6.10. The third-order valence-corrected chi connectivity index (χ3v) is 6.23. The highest BCUT2D eigenvalue weighted by atomic mass is 16.7. The first-order valence-corrected chi connectivity index (χ1v) is 10.9. The molecule has 0 atom stereocenters. The monoisotopic (exact) mass is 366 g/mol. The van der Waals surface area contributed by atoms with Gasteiger partial charge in [-0.3, -0.25) is 0 Å². The van der Waals surface area contributed by atoms with E-state index in [1.165, 1.54) is 38.5 Å². The highest BCUT2D eigenvalue weighted by Gasteiger charge is 2.32. The summed E-state index contributed by atoms with van der Waals surface area (Å²) in [5.74, 6) is 2.43. The van der Waals surface area contributed by atoms with E-state index < -0.39 is 0 Å². The third-order valence-electron chi connectivity index (χ3n) is 6.23. The fraction of sp³-hybridized carbons (Fsp3) is 0.909. The first kappa shape index (κ1) is 20.3. The molecular weight excluding hydrogens is 328 g/mol. The summed E-state index contributed by atoms with van der Waals surface area (Å²) in [6.07, 6.45) is 14.2. The lowest BCUT2D eigenvalue weighted by Gasteiger charge is -2.38. The lowest BCUT2D eigenvalue weighted by molar-refractivity contribution is -0.235. The predicted molar refractivity (Wildman–Crippen MR) is 103 cm³/mol. The van der Waals surface area contributed by atoms with E-state index >= 15 is 0 Å². The van der Waals surface area contributed by atoms with Gasteiger partial charge >= 0.3 is 0 Å². The van der Waals surface area contributed by atoms with Crippen LogP contribution in [0.5, 0.6) is 0 Å². The quantitative estimate of drug-likeness (QED) is 0.599. The summed E-state index contributed by atoms with van der Waals surface area (Å²) in [5, 5.41) is 0. The molecule has 150 valence electrons. The SMILES string of the molecule is C/C=C/C1COC(CCC2COC(C3CCC(CCC)CC3)OC2)OC1. The second-order valence-corrected chi connectivity index (χ2v) is 8.43. The minimum Gasteiger partial charge on any atom is -0.352 e. The first-order chi connectivity index (χ1) is 12.8. The molecule has 2 heterocycles. The van der Waals surface area contributed by atoms with Crippen molar-refractivity contribution in [3.05, 3.63) is 12.2 Å². The zero-order chi connectivity index (χ0) is 18.2. The van der Waals surface area contributed by atoms with Gasteiger partial charge < -0.3 is 18.9 Å². The van der Waals surface area contributed by atoms with Crippen LogP contribution >= 0.6 is 0 Å². The van der Waals surface area contributed by atoms with E-state index in [-0.39, 0.29) is 12.6 Å². The van der Waals surface area contributed by atoms with Gasteiger partial charge in [-0.25, -0.2) is 0 Å². The van der Waals surface area contributed by atoms with Crippen LogP contribution in [0, 0.1) is 23.7 Å². The van der Waals surface area contributed by atoms with Gasteiger partial charge in [0.1, 0.15) is 0 Å². The van der Waals surface area contributed by atoms with E-state index in [1.807, 2.05) is 6.92 Å². The Labute approximate surface area is 159 Å². The number of hydrogen-bond donors (Lipinski definition) is 0. The highest BCUT2D eigenvalue weighted by Crippen LogP contribution is 2.36. The molecule has 0 aromatic heterocycles. The number of ether oxygens (including phenoxy) is 4. The van der Waals surface area contributed by atoms with Crippen molar-refractivity contribution in [1.82, 2.24) is 0 Å². The van der Waals surface area contributed by atoms with Gasteiger partial charge in [0, 0.05) is 17.8 Å². The molecule has 0 unspecified atom stereocenters. The Balaban J connectivity index is 1.29. The molecule has 0 amide bonds. The van der Waals surface area contributed by atoms with Crippen LogP contribution in [-0.2, 0) is 18.9 Å². The molecule has 2 saturated heterocycles. The Bertz CT molecular complexity index is 400. The van der Waals surface area contributed by atoms with Crippen molar-refractivity contribution in [3.8, 4) is 0 Å². The zero-order valence-corrected chi connectivity index (χ0v) is 16.7. The zero-order valence-electron chi connectivity index (χ0n) is 16.7. The summed E-state index contributed by atoms with van der Waals surface area (Å²) >= 11 is 0. The van der Waals surface area contributed by atoms with Crippen LogP contribution in [-0.4, -0.2) is 39.0 Å². The van der Waals surface area contributed by atoms with E-state index in [2.05, 4.69) is 19.1 Å². The van der Waals surface area contributed by atoms with Gasteiger partial charge in [0.15, 0.2) is 12.6 Å². The van der Waals surface area contributed by atoms with Crippen LogP contribution in [0.15, 0.2) is 12.2 Å². The summed E-state index contributed by atoms with van der Waals surface area (Å²) in [6, 6.07) is 0. The second-order valence-electron chi connectivity index (χ2n) is 8.43. The van der Waals surface area contributed by atoms with Crippen molar-refractivity contribution in [1.29, 1.82) is 0 Å². The molecule has 0 aromatic carbocycles. The largest absolute Gasteiger partial charge is 0.352 e. The van der Waals surface area contributed by atoms with Crippen molar-refractivity contribution >= 4 is 0 Å². The van der Waals surface area contributed by atoms with Crippen LogP contribution in [0.4, 0.5) is 0 Å². The maximum Gasteiger partial charge on any atom is 0.160 e. The molecular formula is C22H38O4. The van der Waals surface area contributed by atoms with Gasteiger partial charge in [0.05, 0.1) is 26.4 Å². The molecule has 1 aliphatic carbocycles. The first-order valence-electron chi connectivity index (χ1n) is 10.9. The van der Waals surface area contributed by atoms with Gasteiger partial charge in [-0.15, -0.1) is 0 Å². The normalized spacial score (nSPS) is 39.3. The molecule has 4 heteroatoms. The van der Waals surface area contributed by atoms with E-state index in [0.717, 1.165) is 45.2 Å². The molecule has 3 fully saturated rings. The Kier molecular flexibility index (Phi) is 8.44. The van der Waals surface area contributed by atoms with Gasteiger partial charge in [-0.1, -0.05) is 31.9 Å². The molecule has 0 radical (unpaired) electrons. The van der Waals surface area contributed by atoms with Gasteiger partial charge in [-0.05, 0) is 51.4 Å². The summed E-state index contributed by atoms with van der Waals surface area (Å²) in [5.41, 5.74) is 0. The van der Waals surface area contributed by atoms with Gasteiger partial charge in [0.25, 0.3) is 0 Å². The molecule has 0 aromatic rings. The summed E-state index contributed by atoms with van der Waals surface area (Å²) < 4.78 is 23.9. The Morgan fingerprint density at radius 2 is 1.46 bits per heavy atom. The molecule has 1 saturated carbocycles. The molecule has 0 N–H and O–H groups in total. The Morgan fingerprint density at radius 1 is 0.769 bits per heavy atom. The highest BCUT2D eigenvalue weighted by molar-refractivity contribution is 4.86. The van der Waals surface area contributed by atoms with Crippen molar-refractivity contribution < 1.29 is 18.9 Å². The van der Waals surface area contributed by atoms with E-state index in [4.69, 9.17) is 18.9 Å². The molecule has 0 bridgehead atoms. The summed E-state index contributed by atoms with van der Waals surface area (Å²) in [7, 11) is 0. The molecule has 0 spiro atoms. The average molecular weight is 367 g/mol. The van der Waals surface area contributed by atoms with Crippen molar-refractivity contribution in [2.75, 3.05) is 26.4 Å². The number of allylic oxidation sites excluding steroid dienone is 1. The average Bonchev–Trinajstić information content (AvgIpc) is 2.69. The minimum atomic E-state index is -0.0527. The van der Waals surface area contributed by atoms with Gasteiger partial charge in [0.2, 0.25) is 0 Å². The number of hydrogen-bond acceptors (Lipinski definition) is 4. The molecule has 2 aliphatic heterocycles. The van der Waals surface area contributed by atoms with Crippen LogP contribution < -0.4 is 0 Å². The molecule has 26 heavy (non-hydrogen) atoms. The van der Waals surface area contributed by atoms with Crippen LogP contribution in [0.1, 0.15) is 65.2 Å². The summed E-state index contributed by atoms with van der Waals surface area (Å²) in [4.78, 5) is 0. The molecule has 3 rings (SSSR count). The van der Waals surface area contributed by atoms with Crippen molar-refractivity contribution in [3.63, 3.8) is 0 Å². The summed E-state index contributed by atoms with van der Waals surface area (Å²) in [6.45, 7) is 7.54. The van der Waals surface area contributed by atoms with Gasteiger partial charge in [-0.2, -0.15) is 0 Å². The van der Waals surface area contributed by atoms with Crippen molar-refractivity contribution in [2.24, 2.45) is 23.7 Å². The lowest BCUT2D eigenvalue weighted by atomic mass is 9.79. The van der Waals surface area contributed by atoms with Crippen molar-refractivity contribution in [2.45, 2.75) is 77.8 Å². The smallest absolute Gasteiger partial charge is 0.160 e. The fourth-order valence-corrected chi connectivity index (χ4v) is 4.63. The fourth-order valence-electron chi connectivity index (χ4n) is 4.63. The van der Waals surface area contributed by atoms with E-state index in [0.29, 0.717) is 17.8 Å². The predicted octanol–water partition coefficient (Wildman–Crippen LogP) is 4.93. The standard InChI is InChI=1S/C22H38O4/c1-3-5-17-7-10-20(11-8-17)22-25-15-19(16-26-22)9-12-21-23-13-18(6-4-2)14-24-21/h4,6,17-22H,3,5,7-16H2,1-2H3/b6-4+. The molecule has 3 aliphatic rings. The second kappa shape index (κ2) is 10.8. The van der Waals surface area contributed by atoms with Crippen LogP contribution in [0.2, 0.25) is 0 Å². The third kappa shape index (κ3) is 6.05. The topological polar surface area (TPSA) is 36.9 Å². The van der Waals surface area contributed by atoms with Crippen LogP contribution in [0.25, 0.3) is 0 Å². The molecule has 4 nitrogen and oxygen atoms in total. The van der Waals surface area contributed by atoms with E-state index in [9.17, 15) is 0 Å². The maximum absolute atomic E-state index is 6.10. The Morgan fingerprint density at radius 3 is 2.08 bits per heavy atom.